The van der Waals surface area contributed by atoms with E-state index in [9.17, 15) is 4.79 Å². The highest BCUT2D eigenvalue weighted by molar-refractivity contribution is 9.10. The van der Waals surface area contributed by atoms with Crippen molar-refractivity contribution in [1.29, 1.82) is 0 Å². The monoisotopic (exact) mass is 429 g/mol. The SMILES string of the molecule is O=C1c2cc3ccccc3nc2N[C@@H](c2ccccc2Br)N1c1ccccc1. The molecule has 0 aliphatic carbocycles. The molecular weight excluding hydrogens is 414 g/mol. The van der Waals surface area contributed by atoms with Crippen molar-refractivity contribution in [1.82, 2.24) is 4.98 Å². The Bertz CT molecular complexity index is 1190. The van der Waals surface area contributed by atoms with Crippen molar-refractivity contribution in [2.75, 3.05) is 10.2 Å². The number of hydrogen-bond donors (Lipinski definition) is 1. The first kappa shape index (κ1) is 17.0. The summed E-state index contributed by atoms with van der Waals surface area (Å²) in [6, 6.07) is 27.4. The molecular formula is C23H16BrN3O. The molecule has 4 aromatic rings. The fraction of sp³-hybridized carbons (Fsp3) is 0.0435. The van der Waals surface area contributed by atoms with Gasteiger partial charge in [0, 0.05) is 21.1 Å². The van der Waals surface area contributed by atoms with Crippen LogP contribution in [0.2, 0.25) is 0 Å². The summed E-state index contributed by atoms with van der Waals surface area (Å²) in [6.07, 6.45) is -0.369. The smallest absolute Gasteiger partial charge is 0.264 e. The summed E-state index contributed by atoms with van der Waals surface area (Å²) in [4.78, 5) is 20.1. The minimum Gasteiger partial charge on any atom is -0.345 e. The summed E-state index contributed by atoms with van der Waals surface area (Å²) in [5.41, 5.74) is 3.24. The molecule has 1 N–H and O–H groups in total. The molecule has 136 valence electrons. The van der Waals surface area contributed by atoms with E-state index in [1.165, 1.54) is 0 Å². The van der Waals surface area contributed by atoms with Crippen molar-refractivity contribution in [3.63, 3.8) is 0 Å². The van der Waals surface area contributed by atoms with Gasteiger partial charge in [0.1, 0.15) is 12.0 Å². The third-order valence-corrected chi connectivity index (χ3v) is 5.66. The number of aromatic nitrogens is 1. The fourth-order valence-electron chi connectivity index (χ4n) is 3.60. The highest BCUT2D eigenvalue weighted by atomic mass is 79.9. The van der Waals surface area contributed by atoms with Gasteiger partial charge in [0.25, 0.3) is 5.91 Å². The molecule has 0 saturated carbocycles. The first-order valence-electron chi connectivity index (χ1n) is 9.02. The first-order chi connectivity index (χ1) is 13.7. The van der Waals surface area contributed by atoms with Crippen molar-refractivity contribution in [3.05, 3.63) is 101 Å². The topological polar surface area (TPSA) is 45.2 Å². The van der Waals surface area contributed by atoms with Gasteiger partial charge >= 0.3 is 0 Å². The van der Waals surface area contributed by atoms with Gasteiger partial charge in [-0.2, -0.15) is 0 Å². The van der Waals surface area contributed by atoms with Gasteiger partial charge in [0.15, 0.2) is 0 Å². The molecule has 28 heavy (non-hydrogen) atoms. The molecule has 2 heterocycles. The van der Waals surface area contributed by atoms with Crippen LogP contribution in [0.4, 0.5) is 11.5 Å². The third-order valence-electron chi connectivity index (χ3n) is 4.94. The van der Waals surface area contributed by atoms with Gasteiger partial charge in [-0.15, -0.1) is 0 Å². The molecule has 0 spiro atoms. The molecule has 0 saturated heterocycles. The Labute approximate surface area is 171 Å². The zero-order valence-corrected chi connectivity index (χ0v) is 16.4. The highest BCUT2D eigenvalue weighted by Gasteiger charge is 2.36. The Balaban J connectivity index is 1.73. The number of nitrogens with one attached hydrogen (secondary N) is 1. The summed E-state index contributed by atoms with van der Waals surface area (Å²) in [6.45, 7) is 0. The van der Waals surface area contributed by atoms with Crippen molar-refractivity contribution >= 4 is 44.2 Å². The fourth-order valence-corrected chi connectivity index (χ4v) is 4.10. The minimum absolute atomic E-state index is 0.0704. The summed E-state index contributed by atoms with van der Waals surface area (Å²) < 4.78 is 0.936. The van der Waals surface area contributed by atoms with Crippen LogP contribution in [0.3, 0.4) is 0 Å². The van der Waals surface area contributed by atoms with Crippen molar-refractivity contribution < 1.29 is 4.79 Å². The number of fused-ring (bicyclic) bond motifs is 2. The molecule has 5 heteroatoms. The molecule has 3 aromatic carbocycles. The van der Waals surface area contributed by atoms with Crippen LogP contribution in [-0.2, 0) is 0 Å². The van der Waals surface area contributed by atoms with Crippen LogP contribution in [0.15, 0.2) is 89.4 Å². The zero-order chi connectivity index (χ0) is 19.1. The standard InChI is InChI=1S/C23H16BrN3O/c24-19-12-6-5-11-17(19)22-26-21-18(14-15-8-4-7-13-20(15)25-21)23(28)27(22)16-9-2-1-3-10-16/h1-14,22H,(H,25,26)/t22-/m1/s1. The predicted molar refractivity (Wildman–Crippen MR) is 116 cm³/mol. The molecule has 1 amide bonds. The Hall–Kier alpha value is -3.18. The molecule has 5 rings (SSSR count). The summed E-state index contributed by atoms with van der Waals surface area (Å²) >= 11 is 3.63. The molecule has 0 bridgehead atoms. The van der Waals surface area contributed by atoms with Crippen LogP contribution in [-0.4, -0.2) is 10.9 Å². The average Bonchev–Trinajstić information content (AvgIpc) is 2.73. The van der Waals surface area contributed by atoms with Gasteiger partial charge in [-0.1, -0.05) is 70.5 Å². The van der Waals surface area contributed by atoms with Gasteiger partial charge in [0.2, 0.25) is 0 Å². The number of pyridine rings is 1. The molecule has 0 fully saturated rings. The number of hydrogen-bond acceptors (Lipinski definition) is 3. The second kappa shape index (κ2) is 6.77. The molecule has 0 radical (unpaired) electrons. The Morgan fingerprint density at radius 2 is 1.61 bits per heavy atom. The second-order valence-corrected chi connectivity index (χ2v) is 7.51. The van der Waals surface area contributed by atoms with Gasteiger partial charge in [0.05, 0.1) is 11.1 Å². The lowest BCUT2D eigenvalue weighted by Crippen LogP contribution is -2.43. The predicted octanol–water partition coefficient (Wildman–Crippen LogP) is 5.77. The normalized spacial score (nSPS) is 16.0. The second-order valence-electron chi connectivity index (χ2n) is 6.66. The molecule has 4 nitrogen and oxygen atoms in total. The average molecular weight is 430 g/mol. The maximum Gasteiger partial charge on any atom is 0.264 e. The number of anilines is 2. The van der Waals surface area contributed by atoms with Crippen LogP contribution < -0.4 is 10.2 Å². The summed E-state index contributed by atoms with van der Waals surface area (Å²) in [5.74, 6) is 0.538. The quantitative estimate of drug-likeness (QED) is 0.439. The molecule has 1 aromatic heterocycles. The number of carbonyl (C=O) groups is 1. The molecule has 0 unspecified atom stereocenters. The van der Waals surface area contributed by atoms with E-state index in [2.05, 4.69) is 21.2 Å². The maximum atomic E-state index is 13.6. The maximum absolute atomic E-state index is 13.6. The van der Waals surface area contributed by atoms with Gasteiger partial charge in [-0.3, -0.25) is 9.69 Å². The van der Waals surface area contributed by atoms with Gasteiger partial charge in [-0.25, -0.2) is 4.98 Å². The molecule has 1 aliphatic heterocycles. The van der Waals surface area contributed by atoms with E-state index in [0.29, 0.717) is 11.4 Å². The lowest BCUT2D eigenvalue weighted by Gasteiger charge is -2.38. The van der Waals surface area contributed by atoms with Gasteiger partial charge in [-0.05, 0) is 30.3 Å². The summed E-state index contributed by atoms with van der Waals surface area (Å²) in [7, 11) is 0. The number of para-hydroxylation sites is 2. The van der Waals surface area contributed by atoms with E-state index in [-0.39, 0.29) is 12.1 Å². The van der Waals surface area contributed by atoms with Crippen LogP contribution in [0, 0.1) is 0 Å². The number of nitrogens with zero attached hydrogens (tertiary/aromatic N) is 2. The minimum atomic E-state index is -0.369. The number of amides is 1. The third kappa shape index (κ3) is 2.75. The number of halogens is 1. The van der Waals surface area contributed by atoms with Crippen molar-refractivity contribution in [3.8, 4) is 0 Å². The van der Waals surface area contributed by atoms with Crippen LogP contribution in [0.1, 0.15) is 22.1 Å². The van der Waals surface area contributed by atoms with E-state index in [1.807, 2.05) is 84.9 Å². The first-order valence-corrected chi connectivity index (χ1v) is 9.81. The summed E-state index contributed by atoms with van der Waals surface area (Å²) in [5, 5.41) is 4.44. The Kier molecular flexibility index (Phi) is 4.10. The van der Waals surface area contributed by atoms with Crippen molar-refractivity contribution in [2.24, 2.45) is 0 Å². The van der Waals surface area contributed by atoms with E-state index >= 15 is 0 Å². The number of benzene rings is 3. The lowest BCUT2D eigenvalue weighted by molar-refractivity contribution is 0.0974. The number of carbonyl (C=O) groups excluding carboxylic acids is 1. The van der Waals surface area contributed by atoms with E-state index in [0.717, 1.165) is 26.6 Å². The van der Waals surface area contributed by atoms with E-state index in [4.69, 9.17) is 4.98 Å². The Morgan fingerprint density at radius 3 is 2.43 bits per heavy atom. The highest BCUT2D eigenvalue weighted by Crippen LogP contribution is 2.38. The van der Waals surface area contributed by atoms with Crippen LogP contribution in [0.25, 0.3) is 10.9 Å². The van der Waals surface area contributed by atoms with Crippen LogP contribution >= 0.6 is 15.9 Å². The van der Waals surface area contributed by atoms with Crippen LogP contribution in [0.5, 0.6) is 0 Å². The zero-order valence-electron chi connectivity index (χ0n) is 14.8. The molecule has 1 aliphatic rings. The van der Waals surface area contributed by atoms with Gasteiger partial charge < -0.3 is 5.32 Å². The molecule has 1 atom stereocenters. The largest absolute Gasteiger partial charge is 0.345 e. The lowest BCUT2D eigenvalue weighted by atomic mass is 10.0. The van der Waals surface area contributed by atoms with E-state index < -0.39 is 0 Å². The Morgan fingerprint density at radius 1 is 0.893 bits per heavy atom. The van der Waals surface area contributed by atoms with E-state index in [1.54, 1.807) is 4.90 Å². The number of rotatable bonds is 2. The van der Waals surface area contributed by atoms with Crippen molar-refractivity contribution in [2.45, 2.75) is 6.17 Å².